The number of nitrogens with one attached hydrogen (secondary N) is 1. The van der Waals surface area contributed by atoms with Crippen molar-refractivity contribution in [2.45, 2.75) is 61.8 Å². The van der Waals surface area contributed by atoms with E-state index in [1.54, 1.807) is 0 Å². The Morgan fingerprint density at radius 3 is 2.63 bits per heavy atom. The molecule has 200 valence electrons. The van der Waals surface area contributed by atoms with Crippen LogP contribution in [0.3, 0.4) is 0 Å². The fourth-order valence-corrected chi connectivity index (χ4v) is 6.75. The predicted molar refractivity (Wildman–Crippen MR) is 154 cm³/mol. The molecule has 0 spiro atoms. The van der Waals surface area contributed by atoms with Crippen LogP contribution in [0, 0.1) is 11.8 Å². The molecule has 11 heteroatoms. The van der Waals surface area contributed by atoms with Crippen molar-refractivity contribution >= 4 is 45.4 Å². The third kappa shape index (κ3) is 5.27. The molecular formula is C27H30ClIN6O3. The molecule has 1 saturated carbocycles. The Balaban J connectivity index is 1.55. The first-order chi connectivity index (χ1) is 18.5. The first kappa shape index (κ1) is 25.9. The van der Waals surface area contributed by atoms with Gasteiger partial charge < -0.3 is 9.30 Å². The second-order valence-electron chi connectivity index (χ2n) is 10.5. The summed E-state index contributed by atoms with van der Waals surface area (Å²) in [4.78, 5) is 29.1. The van der Waals surface area contributed by atoms with Crippen LogP contribution in [-0.2, 0) is 11.3 Å². The highest BCUT2D eigenvalue weighted by Crippen LogP contribution is 2.38. The zero-order chi connectivity index (χ0) is 26.2. The maximum absolute atomic E-state index is 11.7. The van der Waals surface area contributed by atoms with Crippen LogP contribution in [0.1, 0.15) is 57.2 Å². The second kappa shape index (κ2) is 11.1. The topological polar surface area (TPSA) is 112 Å². The van der Waals surface area contributed by atoms with Crippen molar-refractivity contribution in [3.8, 4) is 22.9 Å². The minimum atomic E-state index is -0.654. The van der Waals surface area contributed by atoms with Crippen LogP contribution in [0.5, 0.6) is 0 Å². The lowest BCUT2D eigenvalue weighted by molar-refractivity contribution is 0.0583. The van der Waals surface area contributed by atoms with Gasteiger partial charge in [-0.1, -0.05) is 58.4 Å². The molecule has 4 aromatic rings. The van der Waals surface area contributed by atoms with E-state index in [4.69, 9.17) is 35.8 Å². The summed E-state index contributed by atoms with van der Waals surface area (Å²) in [6, 6.07) is 7.65. The third-order valence-electron chi connectivity index (χ3n) is 7.98. The highest BCUT2D eigenvalue weighted by molar-refractivity contribution is 14.1. The number of fused-ring (bicyclic) bond motifs is 1. The van der Waals surface area contributed by atoms with Crippen molar-refractivity contribution in [2.24, 2.45) is 11.8 Å². The molecule has 1 aromatic carbocycles. The van der Waals surface area contributed by atoms with Crippen LogP contribution in [0.15, 0.2) is 33.6 Å². The number of rotatable bonds is 6. The number of benzene rings is 1. The number of hydrogen-bond acceptors (Lipinski definition) is 7. The minimum Gasteiger partial charge on any atom is -0.381 e. The summed E-state index contributed by atoms with van der Waals surface area (Å²) in [6.07, 6.45) is 6.91. The highest BCUT2D eigenvalue weighted by atomic mass is 127. The molecule has 38 heavy (non-hydrogen) atoms. The first-order valence-electron chi connectivity index (χ1n) is 13.3. The summed E-state index contributed by atoms with van der Waals surface area (Å²) in [5.41, 5.74) is 3.06. The molecule has 3 aromatic heterocycles. The Morgan fingerprint density at radius 2 is 1.92 bits per heavy atom. The molecule has 1 unspecified atom stereocenters. The molecule has 0 bridgehead atoms. The van der Waals surface area contributed by atoms with E-state index in [9.17, 15) is 4.79 Å². The zero-order valence-electron chi connectivity index (χ0n) is 21.2. The molecule has 2 aliphatic rings. The molecule has 1 saturated heterocycles. The van der Waals surface area contributed by atoms with E-state index >= 15 is 0 Å². The molecule has 2 fully saturated rings. The van der Waals surface area contributed by atoms with Crippen molar-refractivity contribution in [1.82, 2.24) is 29.7 Å². The monoisotopic (exact) mass is 648 g/mol. The number of hydrogen-bond donors (Lipinski definition) is 1. The summed E-state index contributed by atoms with van der Waals surface area (Å²) in [7, 11) is 0. The van der Waals surface area contributed by atoms with Crippen LogP contribution in [0.2, 0.25) is 5.02 Å². The van der Waals surface area contributed by atoms with Crippen LogP contribution in [0.25, 0.3) is 34.1 Å². The average Bonchev–Trinajstić information content (AvgIpc) is 3.53. The van der Waals surface area contributed by atoms with Crippen molar-refractivity contribution < 1.29 is 9.26 Å². The molecule has 1 aliphatic heterocycles. The molecule has 1 atom stereocenters. The van der Waals surface area contributed by atoms with Crippen LogP contribution < -0.4 is 5.76 Å². The number of halogens is 2. The summed E-state index contributed by atoms with van der Waals surface area (Å²) in [5, 5.41) is 4.46. The van der Waals surface area contributed by atoms with Crippen LogP contribution >= 0.6 is 34.2 Å². The summed E-state index contributed by atoms with van der Waals surface area (Å²) < 4.78 is 13.5. The highest BCUT2D eigenvalue weighted by Gasteiger charge is 2.31. The number of alkyl halides is 1. The Kier molecular flexibility index (Phi) is 7.54. The van der Waals surface area contributed by atoms with Crippen LogP contribution in [0.4, 0.5) is 0 Å². The number of ether oxygens (including phenoxy) is 1. The minimum absolute atomic E-state index is 0.175. The van der Waals surface area contributed by atoms with Gasteiger partial charge in [0.2, 0.25) is 11.6 Å². The van der Waals surface area contributed by atoms with E-state index in [0.717, 1.165) is 59.1 Å². The van der Waals surface area contributed by atoms with Gasteiger partial charge in [-0.2, -0.15) is 0 Å². The number of H-pyrrole nitrogens is 1. The Hall–Kier alpha value is -2.31. The Morgan fingerprint density at radius 1 is 1.13 bits per heavy atom. The number of aromatic nitrogens is 6. The lowest BCUT2D eigenvalue weighted by Crippen LogP contribution is -2.25. The summed E-state index contributed by atoms with van der Waals surface area (Å²) >= 11 is 9.00. The van der Waals surface area contributed by atoms with Gasteiger partial charge >= 0.3 is 5.76 Å². The van der Waals surface area contributed by atoms with E-state index in [0.29, 0.717) is 22.5 Å². The normalized spacial score (nSPS) is 21.7. The number of imidazole rings is 1. The molecule has 9 nitrogen and oxygen atoms in total. The average molecular weight is 649 g/mol. The Labute approximate surface area is 238 Å². The summed E-state index contributed by atoms with van der Waals surface area (Å²) in [6.45, 7) is 4.72. The smallest absolute Gasteiger partial charge is 0.381 e. The third-order valence-corrected chi connectivity index (χ3v) is 9.46. The summed E-state index contributed by atoms with van der Waals surface area (Å²) in [5.74, 6) is 2.10. The largest absolute Gasteiger partial charge is 0.439 e. The molecule has 1 aliphatic carbocycles. The molecule has 6 rings (SSSR count). The van der Waals surface area contributed by atoms with E-state index in [1.807, 2.05) is 24.3 Å². The molecule has 0 radical (unpaired) electrons. The van der Waals surface area contributed by atoms with Crippen molar-refractivity contribution in [3.63, 3.8) is 0 Å². The maximum Gasteiger partial charge on any atom is 0.439 e. The van der Waals surface area contributed by atoms with E-state index < -0.39 is 5.76 Å². The van der Waals surface area contributed by atoms with E-state index in [-0.39, 0.29) is 17.6 Å². The van der Waals surface area contributed by atoms with Gasteiger partial charge in [0.25, 0.3) is 0 Å². The van der Waals surface area contributed by atoms with Crippen LogP contribution in [-0.4, -0.2) is 46.8 Å². The quantitative estimate of drug-likeness (QED) is 0.201. The van der Waals surface area contributed by atoms with E-state index in [1.165, 1.54) is 25.7 Å². The molecule has 1 N–H and O–H groups in total. The zero-order valence-corrected chi connectivity index (χ0v) is 24.1. The molecule has 4 heterocycles. The molecule has 0 amide bonds. The fraction of sp³-hybridized carbons (Fsp3) is 0.519. The van der Waals surface area contributed by atoms with Gasteiger partial charge in [0.1, 0.15) is 17.0 Å². The predicted octanol–water partition coefficient (Wildman–Crippen LogP) is 6.01. The lowest BCUT2D eigenvalue weighted by Gasteiger charge is -2.30. The SMILES string of the molecule is CC(c1nc2nc(-c3noc(=O)[nH]3)nc(-c3cccc(Cl)c3)c2n1C[C@H]1CC[C@H](I)CC1)C1CCOCC1. The van der Waals surface area contributed by atoms with E-state index in [2.05, 4.69) is 44.2 Å². The van der Waals surface area contributed by atoms with Gasteiger partial charge in [-0.3, -0.25) is 9.51 Å². The molecular weight excluding hydrogens is 619 g/mol. The lowest BCUT2D eigenvalue weighted by atomic mass is 9.86. The van der Waals surface area contributed by atoms with Crippen molar-refractivity contribution in [3.05, 3.63) is 45.7 Å². The van der Waals surface area contributed by atoms with Gasteiger partial charge in [0, 0.05) is 40.2 Å². The number of aromatic amines is 1. The van der Waals surface area contributed by atoms with Gasteiger partial charge in [-0.05, 0) is 62.5 Å². The van der Waals surface area contributed by atoms with Crippen molar-refractivity contribution in [1.29, 1.82) is 0 Å². The fourth-order valence-electron chi connectivity index (χ4n) is 5.84. The second-order valence-corrected chi connectivity index (χ2v) is 12.7. The van der Waals surface area contributed by atoms with Gasteiger partial charge in [0.05, 0.1) is 0 Å². The standard InChI is InChI=1S/C27H30ClIN6O3/c1-15(17-9-11-37-12-10-17)26-32-23-22(35(26)14-16-5-7-20(29)8-6-16)21(18-3-2-4-19(28)13-18)30-24(31-23)25-33-27(36)38-34-25/h2-4,13,15-17,20H,5-12,14H2,1H3,(H,33,34,36)/t15?,16-,20-. The maximum atomic E-state index is 11.7. The van der Waals surface area contributed by atoms with Gasteiger partial charge in [-0.15, -0.1) is 0 Å². The van der Waals surface area contributed by atoms with Gasteiger partial charge in [0.15, 0.2) is 5.65 Å². The van der Waals surface area contributed by atoms with Crippen molar-refractivity contribution in [2.75, 3.05) is 13.2 Å². The number of nitrogens with zero attached hydrogens (tertiary/aromatic N) is 5. The Bertz CT molecular complexity index is 1490. The first-order valence-corrected chi connectivity index (χ1v) is 14.9. The van der Waals surface area contributed by atoms with Gasteiger partial charge in [-0.25, -0.2) is 19.7 Å².